The summed E-state index contributed by atoms with van der Waals surface area (Å²) >= 11 is 0. The quantitative estimate of drug-likeness (QED) is 0.767. The van der Waals surface area contributed by atoms with E-state index >= 15 is 0 Å². The Kier molecular flexibility index (Phi) is 7.95. The number of benzene rings is 2. The minimum Gasteiger partial charge on any atom is -0.489 e. The van der Waals surface area contributed by atoms with E-state index < -0.39 is 18.6 Å². The van der Waals surface area contributed by atoms with Gasteiger partial charge in [-0.2, -0.15) is 13.2 Å². The standard InChI is InChI=1S/C20H23F3N2O.ClH/c21-20(22,23)14-19(25-12-10-24-11-13-25)17-6-8-18(9-7-17)26-15-16-4-2-1-3-5-16;/h1-9,19,24H,10-15H2;1H/t19-;/m1./s1. The molecule has 1 saturated heterocycles. The SMILES string of the molecule is Cl.FC(F)(F)C[C@H](c1ccc(OCc2ccccc2)cc1)N1CCNCC1. The summed E-state index contributed by atoms with van der Waals surface area (Å²) in [4.78, 5) is 1.91. The molecule has 1 heterocycles. The van der Waals surface area contributed by atoms with Gasteiger partial charge >= 0.3 is 6.18 Å². The Hall–Kier alpha value is -1.76. The van der Waals surface area contributed by atoms with E-state index in [0.717, 1.165) is 5.56 Å². The molecule has 1 N–H and O–H groups in total. The molecule has 0 unspecified atom stereocenters. The van der Waals surface area contributed by atoms with Gasteiger partial charge in [-0.05, 0) is 23.3 Å². The van der Waals surface area contributed by atoms with Crippen LogP contribution in [0.2, 0.25) is 0 Å². The van der Waals surface area contributed by atoms with E-state index in [4.69, 9.17) is 4.74 Å². The maximum absolute atomic E-state index is 13.1. The van der Waals surface area contributed by atoms with E-state index in [9.17, 15) is 13.2 Å². The van der Waals surface area contributed by atoms with Crippen LogP contribution in [0.15, 0.2) is 54.6 Å². The second kappa shape index (κ2) is 9.97. The Morgan fingerprint density at radius 1 is 0.963 bits per heavy atom. The van der Waals surface area contributed by atoms with Crippen LogP contribution in [0.1, 0.15) is 23.6 Å². The number of hydrogen-bond acceptors (Lipinski definition) is 3. The first-order valence-electron chi connectivity index (χ1n) is 8.79. The maximum atomic E-state index is 13.1. The first-order valence-corrected chi connectivity index (χ1v) is 8.79. The minimum atomic E-state index is -4.20. The molecule has 0 spiro atoms. The van der Waals surface area contributed by atoms with E-state index in [1.165, 1.54) is 0 Å². The molecule has 0 aromatic heterocycles. The zero-order chi connectivity index (χ0) is 18.4. The molecule has 1 aliphatic rings. The summed E-state index contributed by atoms with van der Waals surface area (Å²) in [5.74, 6) is 0.656. The van der Waals surface area contributed by atoms with Crippen molar-refractivity contribution in [3.63, 3.8) is 0 Å². The van der Waals surface area contributed by atoms with Gasteiger partial charge in [0.2, 0.25) is 0 Å². The monoisotopic (exact) mass is 400 g/mol. The molecular weight excluding hydrogens is 377 g/mol. The smallest absolute Gasteiger partial charge is 0.390 e. The second-order valence-electron chi connectivity index (χ2n) is 6.46. The number of nitrogens with one attached hydrogen (secondary N) is 1. The summed E-state index contributed by atoms with van der Waals surface area (Å²) in [7, 11) is 0. The van der Waals surface area contributed by atoms with Gasteiger partial charge in [-0.1, -0.05) is 42.5 Å². The van der Waals surface area contributed by atoms with Crippen LogP contribution in [0.25, 0.3) is 0 Å². The third-order valence-electron chi connectivity index (χ3n) is 4.53. The molecule has 0 saturated carbocycles. The van der Waals surface area contributed by atoms with Crippen LogP contribution in [0, 0.1) is 0 Å². The summed E-state index contributed by atoms with van der Waals surface area (Å²) in [5, 5.41) is 3.18. The topological polar surface area (TPSA) is 24.5 Å². The van der Waals surface area contributed by atoms with E-state index in [1.807, 2.05) is 35.2 Å². The zero-order valence-corrected chi connectivity index (χ0v) is 15.7. The van der Waals surface area contributed by atoms with Crippen molar-refractivity contribution in [3.05, 3.63) is 65.7 Å². The van der Waals surface area contributed by atoms with Crippen LogP contribution in [0.3, 0.4) is 0 Å². The molecule has 7 heteroatoms. The first-order chi connectivity index (χ1) is 12.5. The average Bonchev–Trinajstić information content (AvgIpc) is 2.66. The number of rotatable bonds is 6. The molecule has 1 atom stereocenters. The van der Waals surface area contributed by atoms with Gasteiger partial charge in [0, 0.05) is 32.2 Å². The van der Waals surface area contributed by atoms with Gasteiger partial charge in [-0.3, -0.25) is 4.90 Å². The molecule has 1 fully saturated rings. The van der Waals surface area contributed by atoms with Gasteiger partial charge in [-0.15, -0.1) is 12.4 Å². The zero-order valence-electron chi connectivity index (χ0n) is 14.9. The fraction of sp³-hybridized carbons (Fsp3) is 0.400. The molecule has 0 bridgehead atoms. The van der Waals surface area contributed by atoms with Crippen molar-refractivity contribution < 1.29 is 17.9 Å². The van der Waals surface area contributed by atoms with Gasteiger partial charge in [0.25, 0.3) is 0 Å². The molecule has 0 amide bonds. The average molecular weight is 401 g/mol. The van der Waals surface area contributed by atoms with Crippen molar-refractivity contribution >= 4 is 12.4 Å². The fourth-order valence-corrected chi connectivity index (χ4v) is 3.20. The molecule has 27 heavy (non-hydrogen) atoms. The van der Waals surface area contributed by atoms with Crippen molar-refractivity contribution in [1.29, 1.82) is 0 Å². The Labute approximate surface area is 163 Å². The summed E-state index contributed by atoms with van der Waals surface area (Å²) in [5.41, 5.74) is 1.73. The predicted molar refractivity (Wildman–Crippen MR) is 102 cm³/mol. The van der Waals surface area contributed by atoms with Gasteiger partial charge in [-0.25, -0.2) is 0 Å². The van der Waals surface area contributed by atoms with Crippen molar-refractivity contribution in [3.8, 4) is 5.75 Å². The van der Waals surface area contributed by atoms with E-state index in [-0.39, 0.29) is 12.4 Å². The number of hydrogen-bond donors (Lipinski definition) is 1. The molecule has 2 aromatic carbocycles. The summed E-state index contributed by atoms with van der Waals surface area (Å²) < 4.78 is 44.9. The van der Waals surface area contributed by atoms with Crippen molar-refractivity contribution in [2.24, 2.45) is 0 Å². The van der Waals surface area contributed by atoms with Crippen LogP contribution in [0.5, 0.6) is 5.75 Å². The Morgan fingerprint density at radius 3 is 2.19 bits per heavy atom. The van der Waals surface area contributed by atoms with Crippen molar-refractivity contribution in [2.45, 2.75) is 25.2 Å². The number of piperazine rings is 1. The highest BCUT2D eigenvalue weighted by Gasteiger charge is 2.35. The van der Waals surface area contributed by atoms with Crippen LogP contribution < -0.4 is 10.1 Å². The largest absolute Gasteiger partial charge is 0.489 e. The maximum Gasteiger partial charge on any atom is 0.390 e. The normalized spacial score (nSPS) is 16.4. The minimum absolute atomic E-state index is 0. The highest BCUT2D eigenvalue weighted by molar-refractivity contribution is 5.85. The number of alkyl halides is 3. The number of halogens is 4. The molecule has 3 rings (SSSR count). The lowest BCUT2D eigenvalue weighted by Gasteiger charge is -2.35. The van der Waals surface area contributed by atoms with Crippen LogP contribution in [-0.2, 0) is 6.61 Å². The Bertz CT molecular complexity index is 674. The van der Waals surface area contributed by atoms with Crippen LogP contribution in [-0.4, -0.2) is 37.3 Å². The number of ether oxygens (including phenoxy) is 1. The van der Waals surface area contributed by atoms with E-state index in [1.54, 1.807) is 24.3 Å². The summed E-state index contributed by atoms with van der Waals surface area (Å²) in [6.45, 7) is 3.10. The van der Waals surface area contributed by atoms with Crippen LogP contribution >= 0.6 is 12.4 Å². The predicted octanol–water partition coefficient (Wildman–Crippen LogP) is 4.59. The Balaban J connectivity index is 0.00000261. The molecule has 0 aliphatic carbocycles. The second-order valence-corrected chi connectivity index (χ2v) is 6.46. The molecule has 0 radical (unpaired) electrons. The van der Waals surface area contributed by atoms with Gasteiger partial charge in [0.15, 0.2) is 0 Å². The summed E-state index contributed by atoms with van der Waals surface area (Å²) in [6.07, 6.45) is -5.03. The van der Waals surface area contributed by atoms with Gasteiger partial charge in [0.05, 0.1) is 6.42 Å². The van der Waals surface area contributed by atoms with Crippen LogP contribution in [0.4, 0.5) is 13.2 Å². The lowest BCUT2D eigenvalue weighted by Crippen LogP contribution is -2.46. The lowest BCUT2D eigenvalue weighted by molar-refractivity contribution is -0.148. The van der Waals surface area contributed by atoms with Crippen molar-refractivity contribution in [2.75, 3.05) is 26.2 Å². The fourth-order valence-electron chi connectivity index (χ4n) is 3.20. The molecule has 148 valence electrons. The van der Waals surface area contributed by atoms with Crippen molar-refractivity contribution in [1.82, 2.24) is 10.2 Å². The highest BCUT2D eigenvalue weighted by atomic mass is 35.5. The molecule has 2 aromatic rings. The number of nitrogens with zero attached hydrogens (tertiary/aromatic N) is 1. The van der Waals surface area contributed by atoms with Gasteiger partial charge in [0.1, 0.15) is 12.4 Å². The molecular formula is C20H24ClF3N2O. The van der Waals surface area contributed by atoms with E-state index in [0.29, 0.717) is 44.1 Å². The third kappa shape index (κ3) is 6.72. The third-order valence-corrected chi connectivity index (χ3v) is 4.53. The van der Waals surface area contributed by atoms with Gasteiger partial charge < -0.3 is 10.1 Å². The first kappa shape index (κ1) is 21.5. The lowest BCUT2D eigenvalue weighted by atomic mass is 10.0. The highest BCUT2D eigenvalue weighted by Crippen LogP contribution is 2.34. The summed E-state index contributed by atoms with van der Waals surface area (Å²) in [6, 6.07) is 16.1. The molecule has 3 nitrogen and oxygen atoms in total. The Morgan fingerprint density at radius 2 is 1.59 bits per heavy atom. The van der Waals surface area contributed by atoms with E-state index in [2.05, 4.69) is 5.32 Å². The molecule has 1 aliphatic heterocycles.